The molecule has 27 heavy (non-hydrogen) atoms. The average molecular weight is 374 g/mol. The zero-order valence-electron chi connectivity index (χ0n) is 17.8. The van der Waals surface area contributed by atoms with Crippen molar-refractivity contribution in [2.45, 2.75) is 66.0 Å². The van der Waals surface area contributed by atoms with Crippen molar-refractivity contribution in [1.29, 1.82) is 0 Å². The van der Waals surface area contributed by atoms with Crippen molar-refractivity contribution in [2.24, 2.45) is 5.92 Å². The van der Waals surface area contributed by atoms with Crippen LogP contribution in [-0.2, 0) is 6.54 Å². The summed E-state index contributed by atoms with van der Waals surface area (Å²) in [6, 6.07) is 8.60. The van der Waals surface area contributed by atoms with E-state index in [1.807, 2.05) is 12.1 Å². The van der Waals surface area contributed by atoms with Crippen LogP contribution in [0.2, 0.25) is 0 Å². The number of rotatable bonds is 10. The summed E-state index contributed by atoms with van der Waals surface area (Å²) in [5.41, 5.74) is 2.02. The molecule has 2 rings (SSSR count). The number of benzene rings is 1. The Morgan fingerprint density at radius 3 is 2.63 bits per heavy atom. The minimum Gasteiger partial charge on any atom is -0.352 e. The molecule has 0 aliphatic carbocycles. The van der Waals surface area contributed by atoms with Gasteiger partial charge in [0, 0.05) is 31.2 Å². The topological polar surface area (TPSA) is 35.6 Å². The van der Waals surface area contributed by atoms with Gasteiger partial charge in [-0.3, -0.25) is 9.69 Å². The predicted molar refractivity (Wildman–Crippen MR) is 114 cm³/mol. The first-order valence-corrected chi connectivity index (χ1v) is 10.8. The molecule has 152 valence electrons. The number of amides is 1. The summed E-state index contributed by atoms with van der Waals surface area (Å²) < 4.78 is 0. The van der Waals surface area contributed by atoms with E-state index < -0.39 is 0 Å². The molecule has 0 radical (unpaired) electrons. The van der Waals surface area contributed by atoms with Crippen LogP contribution in [0.4, 0.5) is 0 Å². The van der Waals surface area contributed by atoms with Gasteiger partial charge in [0.25, 0.3) is 5.91 Å². The molecule has 1 aromatic carbocycles. The number of hydrogen-bond acceptors (Lipinski definition) is 3. The number of likely N-dealkylation sites (tertiary alicyclic amines) is 1. The van der Waals surface area contributed by atoms with Crippen LogP contribution in [0.25, 0.3) is 0 Å². The Labute approximate surface area is 166 Å². The summed E-state index contributed by atoms with van der Waals surface area (Å²) >= 11 is 0. The van der Waals surface area contributed by atoms with Crippen LogP contribution < -0.4 is 5.32 Å². The smallest absolute Gasteiger partial charge is 0.251 e. The number of nitrogens with zero attached hydrogens (tertiary/aromatic N) is 2. The van der Waals surface area contributed by atoms with Gasteiger partial charge < -0.3 is 10.2 Å². The molecule has 1 amide bonds. The molecule has 0 saturated carbocycles. The van der Waals surface area contributed by atoms with Gasteiger partial charge in [0.2, 0.25) is 0 Å². The number of nitrogens with one attached hydrogen (secondary N) is 1. The minimum absolute atomic E-state index is 0.0457. The lowest BCUT2D eigenvalue weighted by molar-refractivity contribution is 0.0952. The Morgan fingerprint density at radius 2 is 2.00 bits per heavy atom. The highest BCUT2D eigenvalue weighted by Crippen LogP contribution is 2.15. The quantitative estimate of drug-likeness (QED) is 0.626. The van der Waals surface area contributed by atoms with E-state index in [4.69, 9.17) is 0 Å². The molecule has 1 heterocycles. The second-order valence-electron chi connectivity index (χ2n) is 8.36. The summed E-state index contributed by atoms with van der Waals surface area (Å²) in [5, 5.41) is 3.07. The van der Waals surface area contributed by atoms with Gasteiger partial charge in [0.1, 0.15) is 0 Å². The van der Waals surface area contributed by atoms with E-state index in [0.29, 0.717) is 6.04 Å². The molecule has 1 aliphatic heterocycles. The SMILES string of the molecule is CCN(Cc1ccc(C(=O)NCCCCN2CCCC(C)C2)cc1)C(C)C. The standard InChI is InChI=1S/C23H39N3O/c1-5-26(19(2)3)18-21-10-12-22(13-11-21)23(27)24-14-6-7-15-25-16-8-9-20(4)17-25/h10-13,19-20H,5-9,14-18H2,1-4H3,(H,24,27). The lowest BCUT2D eigenvalue weighted by Crippen LogP contribution is -2.35. The number of unbranched alkanes of at least 4 members (excludes halogenated alkanes) is 1. The zero-order chi connectivity index (χ0) is 19.6. The third-order valence-corrected chi connectivity index (χ3v) is 5.67. The van der Waals surface area contributed by atoms with E-state index in [0.717, 1.165) is 44.0 Å². The van der Waals surface area contributed by atoms with Crippen LogP contribution in [0.5, 0.6) is 0 Å². The normalized spacial score (nSPS) is 18.2. The van der Waals surface area contributed by atoms with Crippen molar-refractivity contribution in [1.82, 2.24) is 15.1 Å². The first-order chi connectivity index (χ1) is 13.0. The van der Waals surface area contributed by atoms with Crippen LogP contribution in [0, 0.1) is 5.92 Å². The molecule has 0 spiro atoms. The molecule has 1 unspecified atom stereocenters. The van der Waals surface area contributed by atoms with Crippen molar-refractivity contribution in [3.63, 3.8) is 0 Å². The van der Waals surface area contributed by atoms with Crippen molar-refractivity contribution in [2.75, 3.05) is 32.7 Å². The monoisotopic (exact) mass is 373 g/mol. The predicted octanol–water partition coefficient (Wildman–Crippen LogP) is 4.16. The summed E-state index contributed by atoms with van der Waals surface area (Å²) in [5.74, 6) is 0.885. The number of hydrogen-bond donors (Lipinski definition) is 1. The average Bonchev–Trinajstić information content (AvgIpc) is 2.66. The van der Waals surface area contributed by atoms with Gasteiger partial charge in [0.05, 0.1) is 0 Å². The third-order valence-electron chi connectivity index (χ3n) is 5.67. The van der Waals surface area contributed by atoms with Gasteiger partial charge >= 0.3 is 0 Å². The Bertz CT molecular complexity index is 555. The van der Waals surface area contributed by atoms with Gasteiger partial charge in [-0.15, -0.1) is 0 Å². The first kappa shape index (κ1) is 21.9. The van der Waals surface area contributed by atoms with Gasteiger partial charge in [-0.2, -0.15) is 0 Å². The fraction of sp³-hybridized carbons (Fsp3) is 0.696. The molecular weight excluding hydrogens is 334 g/mol. The van der Waals surface area contributed by atoms with E-state index in [2.05, 4.69) is 54.9 Å². The fourth-order valence-corrected chi connectivity index (χ4v) is 3.91. The van der Waals surface area contributed by atoms with Crippen molar-refractivity contribution in [3.05, 3.63) is 35.4 Å². The third kappa shape index (κ3) is 7.63. The highest BCUT2D eigenvalue weighted by molar-refractivity contribution is 5.94. The Hall–Kier alpha value is -1.39. The van der Waals surface area contributed by atoms with E-state index in [1.54, 1.807) is 0 Å². The van der Waals surface area contributed by atoms with Crippen LogP contribution >= 0.6 is 0 Å². The maximum Gasteiger partial charge on any atom is 0.251 e. The molecule has 0 bridgehead atoms. The number of carbonyl (C=O) groups is 1. The van der Waals surface area contributed by atoms with Crippen LogP contribution in [-0.4, -0.2) is 54.5 Å². The first-order valence-electron chi connectivity index (χ1n) is 10.8. The molecule has 1 fully saturated rings. The largest absolute Gasteiger partial charge is 0.352 e. The van der Waals surface area contributed by atoms with Crippen LogP contribution in [0.1, 0.15) is 69.3 Å². The van der Waals surface area contributed by atoms with Crippen molar-refractivity contribution in [3.8, 4) is 0 Å². The minimum atomic E-state index is 0.0457. The highest BCUT2D eigenvalue weighted by atomic mass is 16.1. The Balaban J connectivity index is 1.66. The fourth-order valence-electron chi connectivity index (χ4n) is 3.91. The molecule has 4 heteroatoms. The van der Waals surface area contributed by atoms with Gasteiger partial charge in [0.15, 0.2) is 0 Å². The van der Waals surface area contributed by atoms with Crippen LogP contribution in [0.15, 0.2) is 24.3 Å². The Kier molecular flexibility index (Phi) is 9.29. The molecule has 4 nitrogen and oxygen atoms in total. The van der Waals surface area contributed by atoms with E-state index in [1.165, 1.54) is 38.0 Å². The number of piperidine rings is 1. The van der Waals surface area contributed by atoms with Crippen molar-refractivity contribution >= 4 is 5.91 Å². The molecule has 1 atom stereocenters. The second kappa shape index (κ2) is 11.5. The molecule has 1 saturated heterocycles. The summed E-state index contributed by atoms with van der Waals surface area (Å²) in [6.07, 6.45) is 4.92. The maximum absolute atomic E-state index is 12.3. The molecule has 0 aromatic heterocycles. The van der Waals surface area contributed by atoms with Crippen LogP contribution in [0.3, 0.4) is 0 Å². The molecule has 1 N–H and O–H groups in total. The lowest BCUT2D eigenvalue weighted by atomic mass is 10.0. The van der Waals surface area contributed by atoms with E-state index in [9.17, 15) is 4.79 Å². The molecule has 1 aliphatic rings. The van der Waals surface area contributed by atoms with E-state index >= 15 is 0 Å². The maximum atomic E-state index is 12.3. The zero-order valence-corrected chi connectivity index (χ0v) is 17.8. The molecule has 1 aromatic rings. The summed E-state index contributed by atoms with van der Waals surface area (Å²) in [4.78, 5) is 17.3. The number of carbonyl (C=O) groups excluding carboxylic acids is 1. The van der Waals surface area contributed by atoms with Gasteiger partial charge in [-0.25, -0.2) is 0 Å². The van der Waals surface area contributed by atoms with Crippen molar-refractivity contribution < 1.29 is 4.79 Å². The molecular formula is C23H39N3O. The second-order valence-corrected chi connectivity index (χ2v) is 8.36. The highest BCUT2D eigenvalue weighted by Gasteiger charge is 2.15. The van der Waals surface area contributed by atoms with Gasteiger partial charge in [-0.1, -0.05) is 26.0 Å². The Morgan fingerprint density at radius 1 is 1.26 bits per heavy atom. The summed E-state index contributed by atoms with van der Waals surface area (Å²) in [6.45, 7) is 15.4. The van der Waals surface area contributed by atoms with Gasteiger partial charge in [-0.05, 0) is 82.8 Å². The van der Waals surface area contributed by atoms with E-state index in [-0.39, 0.29) is 5.91 Å². The lowest BCUT2D eigenvalue weighted by Gasteiger charge is -2.30. The summed E-state index contributed by atoms with van der Waals surface area (Å²) in [7, 11) is 0.